The Balaban J connectivity index is 2.48. The van der Waals surface area contributed by atoms with E-state index in [0.717, 1.165) is 25.4 Å². The molecule has 1 N–H and O–H groups in total. The summed E-state index contributed by atoms with van der Waals surface area (Å²) in [6, 6.07) is 0.422. The Kier molecular flexibility index (Phi) is 5.62. The second-order valence-corrected chi connectivity index (χ2v) is 5.04. The summed E-state index contributed by atoms with van der Waals surface area (Å²) in [5.74, 6) is 0.786. The Morgan fingerprint density at radius 1 is 1.27 bits per heavy atom. The fourth-order valence-electron chi connectivity index (χ4n) is 2.65. The molecule has 2 heteroatoms. The average molecular weight is 213 g/mol. The van der Waals surface area contributed by atoms with E-state index in [4.69, 9.17) is 0 Å². The largest absolute Gasteiger partial charge is 0.391 e. The molecular weight excluding hydrogens is 186 g/mol. The first-order valence-corrected chi connectivity index (χ1v) is 6.61. The summed E-state index contributed by atoms with van der Waals surface area (Å²) < 4.78 is 0. The lowest BCUT2D eigenvalue weighted by Gasteiger charge is -2.39. The van der Waals surface area contributed by atoms with Gasteiger partial charge in [0.05, 0.1) is 6.10 Å². The van der Waals surface area contributed by atoms with Gasteiger partial charge in [0.25, 0.3) is 0 Å². The zero-order chi connectivity index (χ0) is 11.3. The number of likely N-dealkylation sites (N-methyl/N-ethyl adjacent to an activating group) is 1. The lowest BCUT2D eigenvalue weighted by molar-refractivity contribution is 0.00728. The van der Waals surface area contributed by atoms with Crippen LogP contribution < -0.4 is 0 Å². The SMILES string of the molecule is CCCCN(CC)C1CC(C)CCC1O. The molecule has 3 atom stereocenters. The Labute approximate surface area is 94.7 Å². The van der Waals surface area contributed by atoms with Gasteiger partial charge in [0, 0.05) is 6.04 Å². The van der Waals surface area contributed by atoms with Crippen molar-refractivity contribution < 1.29 is 5.11 Å². The van der Waals surface area contributed by atoms with Gasteiger partial charge in [-0.1, -0.05) is 27.2 Å². The Bertz CT molecular complexity index is 172. The summed E-state index contributed by atoms with van der Waals surface area (Å²) in [6.45, 7) is 8.98. The van der Waals surface area contributed by atoms with E-state index >= 15 is 0 Å². The highest BCUT2D eigenvalue weighted by Gasteiger charge is 2.30. The molecule has 0 bridgehead atoms. The Morgan fingerprint density at radius 3 is 2.60 bits per heavy atom. The van der Waals surface area contributed by atoms with Gasteiger partial charge >= 0.3 is 0 Å². The summed E-state index contributed by atoms with van der Waals surface area (Å²) in [5, 5.41) is 10.0. The highest BCUT2D eigenvalue weighted by atomic mass is 16.3. The van der Waals surface area contributed by atoms with E-state index in [-0.39, 0.29) is 6.10 Å². The van der Waals surface area contributed by atoms with Crippen LogP contribution in [0.25, 0.3) is 0 Å². The highest BCUT2D eigenvalue weighted by Crippen LogP contribution is 2.27. The molecule has 90 valence electrons. The molecule has 0 saturated heterocycles. The molecule has 1 saturated carbocycles. The van der Waals surface area contributed by atoms with Crippen molar-refractivity contribution in [3.8, 4) is 0 Å². The van der Waals surface area contributed by atoms with E-state index in [1.54, 1.807) is 0 Å². The van der Waals surface area contributed by atoms with Crippen molar-refractivity contribution in [2.45, 2.75) is 65.0 Å². The third-order valence-electron chi connectivity index (χ3n) is 3.72. The van der Waals surface area contributed by atoms with Gasteiger partial charge in [-0.3, -0.25) is 4.90 Å². The summed E-state index contributed by atoms with van der Waals surface area (Å²) in [6.07, 6.45) is 5.79. The van der Waals surface area contributed by atoms with Crippen LogP contribution in [-0.4, -0.2) is 35.2 Å². The number of unbranched alkanes of at least 4 members (excludes halogenated alkanes) is 1. The fourth-order valence-corrected chi connectivity index (χ4v) is 2.65. The Morgan fingerprint density at radius 2 is 2.00 bits per heavy atom. The third kappa shape index (κ3) is 3.76. The van der Waals surface area contributed by atoms with Crippen molar-refractivity contribution in [3.05, 3.63) is 0 Å². The van der Waals surface area contributed by atoms with Crippen molar-refractivity contribution in [2.75, 3.05) is 13.1 Å². The first kappa shape index (κ1) is 13.0. The van der Waals surface area contributed by atoms with Crippen LogP contribution in [0.2, 0.25) is 0 Å². The summed E-state index contributed by atoms with van der Waals surface area (Å²) >= 11 is 0. The van der Waals surface area contributed by atoms with E-state index in [2.05, 4.69) is 25.7 Å². The van der Waals surface area contributed by atoms with Gasteiger partial charge in [-0.05, 0) is 44.7 Å². The number of rotatable bonds is 5. The standard InChI is InChI=1S/C13H27NO/c1-4-6-9-14(5-2)12-10-11(3)7-8-13(12)15/h11-13,15H,4-10H2,1-3H3. The predicted octanol–water partition coefficient (Wildman–Crippen LogP) is 2.66. The fraction of sp³-hybridized carbons (Fsp3) is 1.00. The summed E-state index contributed by atoms with van der Waals surface area (Å²) in [4.78, 5) is 2.48. The molecule has 0 aromatic heterocycles. The van der Waals surface area contributed by atoms with E-state index < -0.39 is 0 Å². The maximum Gasteiger partial charge on any atom is 0.0695 e. The monoisotopic (exact) mass is 213 g/mol. The molecule has 0 aromatic rings. The van der Waals surface area contributed by atoms with Gasteiger partial charge in [-0.25, -0.2) is 0 Å². The second-order valence-electron chi connectivity index (χ2n) is 5.04. The van der Waals surface area contributed by atoms with Crippen LogP contribution in [0.4, 0.5) is 0 Å². The van der Waals surface area contributed by atoms with E-state index in [9.17, 15) is 5.11 Å². The molecule has 3 unspecified atom stereocenters. The molecule has 0 radical (unpaired) electrons. The van der Waals surface area contributed by atoms with Crippen molar-refractivity contribution in [1.29, 1.82) is 0 Å². The van der Waals surface area contributed by atoms with Crippen LogP contribution >= 0.6 is 0 Å². The van der Waals surface area contributed by atoms with Gasteiger partial charge < -0.3 is 5.11 Å². The molecule has 2 nitrogen and oxygen atoms in total. The number of aliphatic hydroxyl groups excluding tert-OH is 1. The van der Waals surface area contributed by atoms with Gasteiger partial charge in [0.2, 0.25) is 0 Å². The van der Waals surface area contributed by atoms with Gasteiger partial charge in [0.15, 0.2) is 0 Å². The minimum absolute atomic E-state index is 0.0852. The van der Waals surface area contributed by atoms with Crippen LogP contribution in [0.5, 0.6) is 0 Å². The van der Waals surface area contributed by atoms with Crippen molar-refractivity contribution in [3.63, 3.8) is 0 Å². The minimum atomic E-state index is -0.0852. The zero-order valence-electron chi connectivity index (χ0n) is 10.6. The normalized spacial score (nSPS) is 32.2. The van der Waals surface area contributed by atoms with Crippen LogP contribution in [0.15, 0.2) is 0 Å². The number of nitrogens with zero attached hydrogens (tertiary/aromatic N) is 1. The number of aliphatic hydroxyl groups is 1. The molecule has 0 aliphatic heterocycles. The molecule has 0 spiro atoms. The zero-order valence-corrected chi connectivity index (χ0v) is 10.6. The average Bonchev–Trinajstić information content (AvgIpc) is 2.24. The smallest absolute Gasteiger partial charge is 0.0695 e. The van der Waals surface area contributed by atoms with Crippen LogP contribution in [0.3, 0.4) is 0 Å². The maximum absolute atomic E-state index is 10.0. The summed E-state index contributed by atoms with van der Waals surface area (Å²) in [7, 11) is 0. The Hall–Kier alpha value is -0.0800. The minimum Gasteiger partial charge on any atom is -0.391 e. The van der Waals surface area contributed by atoms with Crippen LogP contribution in [-0.2, 0) is 0 Å². The van der Waals surface area contributed by atoms with Crippen LogP contribution in [0, 0.1) is 5.92 Å². The molecule has 15 heavy (non-hydrogen) atoms. The molecule has 1 aliphatic carbocycles. The van der Waals surface area contributed by atoms with Gasteiger partial charge in [-0.15, -0.1) is 0 Å². The molecular formula is C13H27NO. The van der Waals surface area contributed by atoms with Gasteiger partial charge in [-0.2, -0.15) is 0 Å². The van der Waals surface area contributed by atoms with Crippen molar-refractivity contribution in [1.82, 2.24) is 4.90 Å². The first-order chi connectivity index (χ1) is 7.19. The van der Waals surface area contributed by atoms with Crippen molar-refractivity contribution >= 4 is 0 Å². The van der Waals surface area contributed by atoms with Gasteiger partial charge in [0.1, 0.15) is 0 Å². The summed E-state index contributed by atoms with van der Waals surface area (Å²) in [5.41, 5.74) is 0. The molecule has 0 aromatic carbocycles. The van der Waals surface area contributed by atoms with E-state index in [0.29, 0.717) is 6.04 Å². The van der Waals surface area contributed by atoms with E-state index in [1.165, 1.54) is 25.7 Å². The number of hydrogen-bond acceptors (Lipinski definition) is 2. The van der Waals surface area contributed by atoms with Crippen molar-refractivity contribution in [2.24, 2.45) is 5.92 Å². The molecule has 1 aliphatic rings. The lowest BCUT2D eigenvalue weighted by atomic mass is 9.84. The predicted molar refractivity (Wildman–Crippen MR) is 65.0 cm³/mol. The molecule has 0 amide bonds. The highest BCUT2D eigenvalue weighted by molar-refractivity contribution is 4.85. The second kappa shape index (κ2) is 6.49. The first-order valence-electron chi connectivity index (χ1n) is 6.61. The molecule has 1 fully saturated rings. The maximum atomic E-state index is 10.0. The lowest BCUT2D eigenvalue weighted by Crippen LogP contribution is -2.47. The quantitative estimate of drug-likeness (QED) is 0.759. The molecule has 1 rings (SSSR count). The topological polar surface area (TPSA) is 23.5 Å². The molecule has 0 heterocycles. The third-order valence-corrected chi connectivity index (χ3v) is 3.72. The van der Waals surface area contributed by atoms with Crippen LogP contribution in [0.1, 0.15) is 52.9 Å². The number of hydrogen-bond donors (Lipinski definition) is 1. The van der Waals surface area contributed by atoms with E-state index in [1.807, 2.05) is 0 Å².